The average Bonchev–Trinajstić information content (AvgIpc) is 3.22. The van der Waals surface area contributed by atoms with Gasteiger partial charge >= 0.3 is 0 Å². The molecule has 8 heteroatoms. The number of amides is 2. The Kier molecular flexibility index (Phi) is 5.13. The van der Waals surface area contributed by atoms with Crippen LogP contribution < -0.4 is 15.0 Å². The molecule has 2 amide bonds. The van der Waals surface area contributed by atoms with E-state index in [9.17, 15) is 14.0 Å². The molecule has 0 bridgehead atoms. The van der Waals surface area contributed by atoms with Gasteiger partial charge in [-0.2, -0.15) is 5.10 Å². The lowest BCUT2D eigenvalue weighted by molar-refractivity contribution is -0.120. The predicted octanol–water partition coefficient (Wildman–Crippen LogP) is 3.10. The van der Waals surface area contributed by atoms with Crippen LogP contribution in [0.3, 0.4) is 0 Å². The van der Waals surface area contributed by atoms with Crippen LogP contribution in [0.25, 0.3) is 0 Å². The molecule has 2 aliphatic rings. The van der Waals surface area contributed by atoms with Crippen LogP contribution in [0, 0.1) is 5.82 Å². The fourth-order valence-electron chi connectivity index (χ4n) is 4.46. The van der Waals surface area contributed by atoms with Crippen LogP contribution in [0.5, 0.6) is 5.75 Å². The van der Waals surface area contributed by atoms with Crippen molar-refractivity contribution in [2.24, 2.45) is 0 Å². The molecule has 3 heterocycles. The average molecular weight is 434 g/mol. The third-order valence-electron chi connectivity index (χ3n) is 6.11. The lowest BCUT2D eigenvalue weighted by Crippen LogP contribution is -2.49. The number of aryl methyl sites for hydroxylation is 1. The van der Waals surface area contributed by atoms with Crippen LogP contribution in [0.4, 0.5) is 10.1 Å². The summed E-state index contributed by atoms with van der Waals surface area (Å²) in [6.45, 7) is 0.689. The zero-order chi connectivity index (χ0) is 22.2. The monoisotopic (exact) mass is 434 g/mol. The Morgan fingerprint density at radius 1 is 1.19 bits per heavy atom. The number of nitrogens with one attached hydrogen (secondary N) is 1. The first kappa shape index (κ1) is 20.2. The Hall–Kier alpha value is -3.68. The lowest BCUT2D eigenvalue weighted by Gasteiger charge is -2.24. The molecule has 3 aromatic rings. The summed E-state index contributed by atoms with van der Waals surface area (Å²) in [5.74, 6) is -0.563. The van der Waals surface area contributed by atoms with E-state index in [1.54, 1.807) is 42.1 Å². The number of fused-ring (bicyclic) bond motifs is 2. The van der Waals surface area contributed by atoms with Crippen molar-refractivity contribution < 1.29 is 18.7 Å². The van der Waals surface area contributed by atoms with E-state index in [1.807, 2.05) is 18.2 Å². The fourth-order valence-corrected chi connectivity index (χ4v) is 4.46. The standard InChI is InChI=1S/C24H23FN4O3/c1-28-20-10-4-5-11-22(20)32-14-19(24(28)31)26-23(30)18-13-21-16(8-6-12-29(21)27-18)15-7-2-3-9-17(15)25/h2-5,7,9-11,13,16,19H,6,8,12,14H2,1H3,(H,26,30)/t16-,19+/m1/s1. The minimum Gasteiger partial charge on any atom is -0.489 e. The predicted molar refractivity (Wildman–Crippen MR) is 116 cm³/mol. The molecule has 164 valence electrons. The van der Waals surface area contributed by atoms with Crippen molar-refractivity contribution in [3.63, 3.8) is 0 Å². The van der Waals surface area contributed by atoms with Crippen molar-refractivity contribution in [2.75, 3.05) is 18.6 Å². The minimum atomic E-state index is -0.846. The number of anilines is 1. The Balaban J connectivity index is 1.37. The summed E-state index contributed by atoms with van der Waals surface area (Å²) in [5, 5.41) is 7.21. The largest absolute Gasteiger partial charge is 0.489 e. The topological polar surface area (TPSA) is 76.5 Å². The number of halogens is 1. The van der Waals surface area contributed by atoms with Crippen LogP contribution in [-0.2, 0) is 11.3 Å². The number of aromatic nitrogens is 2. The first-order valence-corrected chi connectivity index (χ1v) is 10.7. The molecule has 1 N–H and O–H groups in total. The van der Waals surface area contributed by atoms with Gasteiger partial charge < -0.3 is 15.0 Å². The van der Waals surface area contributed by atoms with Crippen molar-refractivity contribution in [1.29, 1.82) is 0 Å². The van der Waals surface area contributed by atoms with Crippen LogP contribution in [0.15, 0.2) is 54.6 Å². The smallest absolute Gasteiger partial charge is 0.272 e. The summed E-state index contributed by atoms with van der Waals surface area (Å²) in [4.78, 5) is 27.4. The van der Waals surface area contributed by atoms with Crippen molar-refractivity contribution in [1.82, 2.24) is 15.1 Å². The highest BCUT2D eigenvalue weighted by Crippen LogP contribution is 2.35. The quantitative estimate of drug-likeness (QED) is 0.687. The molecule has 0 saturated carbocycles. The molecular formula is C24H23FN4O3. The second-order valence-electron chi connectivity index (χ2n) is 8.10. The highest BCUT2D eigenvalue weighted by molar-refractivity contribution is 6.02. The van der Waals surface area contributed by atoms with Gasteiger partial charge in [0.1, 0.15) is 29.9 Å². The van der Waals surface area contributed by atoms with Gasteiger partial charge in [-0.3, -0.25) is 14.3 Å². The number of hydrogen-bond donors (Lipinski definition) is 1. The number of likely N-dealkylation sites (N-methyl/N-ethyl adjacent to an activating group) is 1. The summed E-state index contributed by atoms with van der Waals surface area (Å²) in [6.07, 6.45) is 1.62. The zero-order valence-corrected chi connectivity index (χ0v) is 17.6. The van der Waals surface area contributed by atoms with Gasteiger partial charge in [-0.1, -0.05) is 30.3 Å². The number of ether oxygens (including phenoxy) is 1. The second-order valence-corrected chi connectivity index (χ2v) is 8.10. The Bertz CT molecular complexity index is 1190. The summed E-state index contributed by atoms with van der Waals surface area (Å²) >= 11 is 0. The van der Waals surface area contributed by atoms with Gasteiger partial charge in [-0.25, -0.2) is 4.39 Å². The molecule has 0 fully saturated rings. The third-order valence-corrected chi connectivity index (χ3v) is 6.11. The van der Waals surface area contributed by atoms with Crippen LogP contribution in [0.1, 0.15) is 40.5 Å². The first-order chi connectivity index (χ1) is 15.5. The van der Waals surface area contributed by atoms with E-state index in [0.29, 0.717) is 23.5 Å². The van der Waals surface area contributed by atoms with Crippen molar-refractivity contribution in [3.05, 3.63) is 77.4 Å². The SMILES string of the molecule is CN1C(=O)[C@@H](NC(=O)c2cc3n(n2)CCC[C@@H]3c2ccccc2F)COc2ccccc21. The zero-order valence-electron chi connectivity index (χ0n) is 17.6. The number of benzene rings is 2. The fraction of sp³-hybridized carbons (Fsp3) is 0.292. The van der Waals surface area contributed by atoms with Crippen LogP contribution in [0.2, 0.25) is 0 Å². The summed E-state index contributed by atoms with van der Waals surface area (Å²) in [7, 11) is 1.66. The molecule has 2 aromatic carbocycles. The van der Waals surface area contributed by atoms with Gasteiger partial charge in [0.25, 0.3) is 11.8 Å². The van der Waals surface area contributed by atoms with Crippen molar-refractivity contribution in [3.8, 4) is 5.75 Å². The van der Waals surface area contributed by atoms with E-state index < -0.39 is 11.9 Å². The number of hydrogen-bond acceptors (Lipinski definition) is 4. The van der Waals surface area contributed by atoms with Crippen molar-refractivity contribution >= 4 is 17.5 Å². The van der Waals surface area contributed by atoms with E-state index in [-0.39, 0.29) is 29.9 Å². The van der Waals surface area contributed by atoms with E-state index in [4.69, 9.17) is 4.74 Å². The van der Waals surface area contributed by atoms with Gasteiger partial charge in [0, 0.05) is 25.2 Å². The van der Waals surface area contributed by atoms with E-state index >= 15 is 0 Å². The summed E-state index contributed by atoms with van der Waals surface area (Å²) in [5.41, 5.74) is 2.27. The molecule has 0 radical (unpaired) electrons. The molecule has 0 spiro atoms. The number of para-hydroxylation sites is 2. The van der Waals surface area contributed by atoms with Gasteiger partial charge in [0.15, 0.2) is 0 Å². The molecule has 1 aromatic heterocycles. The van der Waals surface area contributed by atoms with E-state index in [1.165, 1.54) is 11.0 Å². The second kappa shape index (κ2) is 8.11. The molecule has 2 atom stereocenters. The van der Waals surface area contributed by atoms with E-state index in [2.05, 4.69) is 10.4 Å². The first-order valence-electron chi connectivity index (χ1n) is 10.7. The maximum Gasteiger partial charge on any atom is 0.272 e. The molecule has 2 aliphatic heterocycles. The van der Waals surface area contributed by atoms with Gasteiger partial charge in [0.05, 0.1) is 5.69 Å². The van der Waals surface area contributed by atoms with Crippen LogP contribution in [-0.4, -0.2) is 41.3 Å². The maximum absolute atomic E-state index is 14.4. The number of carbonyl (C=O) groups excluding carboxylic acids is 2. The lowest BCUT2D eigenvalue weighted by atomic mass is 9.88. The van der Waals surface area contributed by atoms with Gasteiger partial charge in [0.2, 0.25) is 0 Å². The summed E-state index contributed by atoms with van der Waals surface area (Å²) < 4.78 is 21.9. The molecule has 0 aliphatic carbocycles. The highest BCUT2D eigenvalue weighted by Gasteiger charge is 2.32. The van der Waals surface area contributed by atoms with Crippen LogP contribution >= 0.6 is 0 Å². The molecule has 0 unspecified atom stereocenters. The molecule has 7 nitrogen and oxygen atoms in total. The van der Waals surface area contributed by atoms with Crippen molar-refractivity contribution in [2.45, 2.75) is 31.3 Å². The maximum atomic E-state index is 14.4. The Morgan fingerprint density at radius 2 is 1.97 bits per heavy atom. The Morgan fingerprint density at radius 3 is 2.81 bits per heavy atom. The number of carbonyl (C=O) groups is 2. The molecule has 32 heavy (non-hydrogen) atoms. The molecular weight excluding hydrogens is 411 g/mol. The van der Waals surface area contributed by atoms with Gasteiger partial charge in [-0.05, 0) is 42.7 Å². The summed E-state index contributed by atoms with van der Waals surface area (Å²) in [6, 6.07) is 14.8. The van der Waals surface area contributed by atoms with E-state index in [0.717, 1.165) is 18.5 Å². The van der Waals surface area contributed by atoms with Gasteiger partial charge in [-0.15, -0.1) is 0 Å². The highest BCUT2D eigenvalue weighted by atomic mass is 19.1. The number of nitrogens with zero attached hydrogens (tertiary/aromatic N) is 3. The molecule has 5 rings (SSSR count). The minimum absolute atomic E-state index is 0.0251. The Labute approximate surface area is 184 Å². The third kappa shape index (κ3) is 3.51. The molecule has 0 saturated heterocycles. The number of rotatable bonds is 3. The normalized spacial score (nSPS) is 20.1.